The first kappa shape index (κ1) is 15.8. The summed E-state index contributed by atoms with van der Waals surface area (Å²) in [5, 5.41) is 3.69. The Balaban J connectivity index is 1.90. The fraction of sp³-hybridized carbons (Fsp3) is 0.941. The van der Waals surface area contributed by atoms with E-state index in [9.17, 15) is 4.79 Å². The quantitative estimate of drug-likeness (QED) is 0.811. The lowest BCUT2D eigenvalue weighted by atomic mass is 9.82. The van der Waals surface area contributed by atoms with Gasteiger partial charge in [-0.1, -0.05) is 26.7 Å². The second-order valence-corrected chi connectivity index (χ2v) is 7.54. The Bertz CT molecular complexity index is 323. The van der Waals surface area contributed by atoms with E-state index < -0.39 is 0 Å². The van der Waals surface area contributed by atoms with Crippen molar-refractivity contribution < 1.29 is 4.79 Å². The molecule has 0 saturated heterocycles. The smallest absolute Gasteiger partial charge is 0.239 e. The van der Waals surface area contributed by atoms with Gasteiger partial charge in [0.15, 0.2) is 0 Å². The molecule has 2 aliphatic carbocycles. The molecule has 0 aliphatic heterocycles. The molecule has 3 unspecified atom stereocenters. The zero-order valence-corrected chi connectivity index (χ0v) is 13.7. The highest BCUT2D eigenvalue weighted by Crippen LogP contribution is 2.43. The summed E-state index contributed by atoms with van der Waals surface area (Å²) in [7, 11) is 3.73. The van der Waals surface area contributed by atoms with E-state index in [1.807, 2.05) is 14.1 Å². The van der Waals surface area contributed by atoms with Crippen molar-refractivity contribution in [1.29, 1.82) is 0 Å². The lowest BCUT2D eigenvalue weighted by molar-refractivity contribution is -0.131. The van der Waals surface area contributed by atoms with E-state index in [-0.39, 0.29) is 11.9 Å². The molecule has 0 aromatic rings. The SMILES string of the molecule is CC(C)CC(NC1CCCC(C2CC2)C1)C(=O)N(C)C. The molecule has 2 fully saturated rings. The van der Waals surface area contributed by atoms with Gasteiger partial charge >= 0.3 is 0 Å². The Kier molecular flexibility index (Phi) is 5.48. The molecule has 20 heavy (non-hydrogen) atoms. The number of carbonyl (C=O) groups is 1. The third-order valence-electron chi connectivity index (χ3n) is 4.89. The van der Waals surface area contributed by atoms with E-state index in [0.717, 1.165) is 18.3 Å². The van der Waals surface area contributed by atoms with Crippen molar-refractivity contribution in [2.24, 2.45) is 17.8 Å². The lowest BCUT2D eigenvalue weighted by Crippen LogP contribution is -2.49. The van der Waals surface area contributed by atoms with Crippen molar-refractivity contribution >= 4 is 5.91 Å². The maximum absolute atomic E-state index is 12.3. The van der Waals surface area contributed by atoms with Crippen LogP contribution in [-0.4, -0.2) is 37.0 Å². The Labute approximate surface area is 124 Å². The van der Waals surface area contributed by atoms with Gasteiger partial charge in [-0.25, -0.2) is 0 Å². The minimum Gasteiger partial charge on any atom is -0.347 e. The van der Waals surface area contributed by atoms with Crippen molar-refractivity contribution in [3.8, 4) is 0 Å². The number of hydrogen-bond donors (Lipinski definition) is 1. The number of nitrogens with zero attached hydrogens (tertiary/aromatic N) is 1. The molecule has 3 heteroatoms. The number of rotatable bonds is 6. The highest BCUT2D eigenvalue weighted by molar-refractivity contribution is 5.81. The first-order chi connectivity index (χ1) is 9.47. The van der Waals surface area contributed by atoms with Crippen LogP contribution in [0.2, 0.25) is 0 Å². The Morgan fingerprint density at radius 2 is 1.85 bits per heavy atom. The highest BCUT2D eigenvalue weighted by atomic mass is 16.2. The van der Waals surface area contributed by atoms with E-state index in [2.05, 4.69) is 19.2 Å². The molecule has 116 valence electrons. The Morgan fingerprint density at radius 1 is 1.15 bits per heavy atom. The van der Waals surface area contributed by atoms with Crippen LogP contribution >= 0.6 is 0 Å². The van der Waals surface area contributed by atoms with Crippen LogP contribution in [0.1, 0.15) is 58.8 Å². The molecular formula is C17H32N2O. The van der Waals surface area contributed by atoms with Crippen LogP contribution in [0.5, 0.6) is 0 Å². The van der Waals surface area contributed by atoms with Crippen molar-refractivity contribution in [2.75, 3.05) is 14.1 Å². The third-order valence-corrected chi connectivity index (χ3v) is 4.89. The van der Waals surface area contributed by atoms with Crippen LogP contribution in [0.25, 0.3) is 0 Å². The normalized spacial score (nSPS) is 28.4. The van der Waals surface area contributed by atoms with Gasteiger partial charge in [-0.3, -0.25) is 4.79 Å². The molecule has 3 atom stereocenters. The van der Waals surface area contributed by atoms with E-state index in [1.54, 1.807) is 4.90 Å². The van der Waals surface area contributed by atoms with Crippen LogP contribution in [0.3, 0.4) is 0 Å². The first-order valence-electron chi connectivity index (χ1n) is 8.44. The maximum atomic E-state index is 12.3. The lowest BCUT2D eigenvalue weighted by Gasteiger charge is -2.34. The molecule has 0 aromatic carbocycles. The number of nitrogens with one attached hydrogen (secondary N) is 1. The third kappa shape index (κ3) is 4.47. The van der Waals surface area contributed by atoms with Crippen LogP contribution in [0, 0.1) is 17.8 Å². The number of amides is 1. The largest absolute Gasteiger partial charge is 0.347 e. The van der Waals surface area contributed by atoms with Gasteiger partial charge < -0.3 is 10.2 Å². The Morgan fingerprint density at radius 3 is 2.40 bits per heavy atom. The molecule has 2 rings (SSSR count). The minimum absolute atomic E-state index is 0.00736. The van der Waals surface area contributed by atoms with Crippen LogP contribution in [0.15, 0.2) is 0 Å². The predicted molar refractivity (Wildman–Crippen MR) is 83.5 cm³/mol. The monoisotopic (exact) mass is 280 g/mol. The summed E-state index contributed by atoms with van der Waals surface area (Å²) in [5.41, 5.74) is 0. The van der Waals surface area contributed by atoms with Crippen molar-refractivity contribution in [3.63, 3.8) is 0 Å². The molecule has 0 bridgehead atoms. The number of carbonyl (C=O) groups excluding carboxylic acids is 1. The average molecular weight is 280 g/mol. The molecule has 0 aromatic heterocycles. The van der Waals surface area contributed by atoms with Crippen molar-refractivity contribution in [3.05, 3.63) is 0 Å². The standard InChI is InChI=1S/C17H32N2O/c1-12(2)10-16(17(20)19(3)4)18-15-7-5-6-14(11-15)13-8-9-13/h12-16,18H,5-11H2,1-4H3. The molecule has 0 heterocycles. The molecular weight excluding hydrogens is 248 g/mol. The fourth-order valence-electron chi connectivity index (χ4n) is 3.68. The van der Waals surface area contributed by atoms with E-state index in [0.29, 0.717) is 12.0 Å². The van der Waals surface area contributed by atoms with E-state index in [1.165, 1.54) is 38.5 Å². The van der Waals surface area contributed by atoms with Gasteiger partial charge in [-0.2, -0.15) is 0 Å². The second-order valence-electron chi connectivity index (χ2n) is 7.54. The topological polar surface area (TPSA) is 32.3 Å². The van der Waals surface area contributed by atoms with Crippen LogP contribution in [-0.2, 0) is 4.79 Å². The zero-order chi connectivity index (χ0) is 14.7. The molecule has 2 saturated carbocycles. The summed E-state index contributed by atoms with van der Waals surface area (Å²) in [6.07, 6.45) is 9.13. The van der Waals surface area contributed by atoms with Crippen molar-refractivity contribution in [2.45, 2.75) is 70.9 Å². The molecule has 3 nitrogen and oxygen atoms in total. The average Bonchev–Trinajstić information content (AvgIpc) is 3.21. The number of hydrogen-bond acceptors (Lipinski definition) is 2. The van der Waals surface area contributed by atoms with Gasteiger partial charge in [0.05, 0.1) is 6.04 Å². The number of likely N-dealkylation sites (N-methyl/N-ethyl adjacent to an activating group) is 1. The maximum Gasteiger partial charge on any atom is 0.239 e. The molecule has 2 aliphatic rings. The molecule has 0 radical (unpaired) electrons. The first-order valence-corrected chi connectivity index (χ1v) is 8.44. The molecule has 1 N–H and O–H groups in total. The van der Waals surface area contributed by atoms with E-state index in [4.69, 9.17) is 0 Å². The minimum atomic E-state index is 0.00736. The summed E-state index contributed by atoms with van der Waals surface area (Å²) >= 11 is 0. The fourth-order valence-corrected chi connectivity index (χ4v) is 3.68. The summed E-state index contributed by atoms with van der Waals surface area (Å²) < 4.78 is 0. The van der Waals surface area contributed by atoms with Gasteiger partial charge in [0.1, 0.15) is 0 Å². The summed E-state index contributed by atoms with van der Waals surface area (Å²) in [4.78, 5) is 14.1. The van der Waals surface area contributed by atoms with Crippen molar-refractivity contribution in [1.82, 2.24) is 10.2 Å². The van der Waals surface area contributed by atoms with Crippen LogP contribution in [0.4, 0.5) is 0 Å². The van der Waals surface area contributed by atoms with Gasteiger partial charge in [0.2, 0.25) is 5.91 Å². The predicted octanol–water partition coefficient (Wildman–Crippen LogP) is 3.05. The van der Waals surface area contributed by atoms with Gasteiger partial charge in [-0.05, 0) is 49.9 Å². The van der Waals surface area contributed by atoms with Gasteiger partial charge in [0, 0.05) is 20.1 Å². The summed E-state index contributed by atoms with van der Waals surface area (Å²) in [5.74, 6) is 2.73. The van der Waals surface area contributed by atoms with Gasteiger partial charge in [0.25, 0.3) is 0 Å². The summed E-state index contributed by atoms with van der Waals surface area (Å²) in [6.45, 7) is 4.40. The second kappa shape index (κ2) is 6.93. The molecule has 0 spiro atoms. The molecule has 1 amide bonds. The zero-order valence-electron chi connectivity index (χ0n) is 13.7. The highest BCUT2D eigenvalue weighted by Gasteiger charge is 2.35. The Hall–Kier alpha value is -0.570. The van der Waals surface area contributed by atoms with E-state index >= 15 is 0 Å². The summed E-state index contributed by atoms with van der Waals surface area (Å²) in [6, 6.07) is 0.565. The van der Waals surface area contributed by atoms with Gasteiger partial charge in [-0.15, -0.1) is 0 Å². The van der Waals surface area contributed by atoms with Crippen LogP contribution < -0.4 is 5.32 Å².